The summed E-state index contributed by atoms with van der Waals surface area (Å²) in [6.45, 7) is 3.99. The first kappa shape index (κ1) is 21.2. The van der Waals surface area contributed by atoms with Crippen LogP contribution in [0.3, 0.4) is 0 Å². The normalized spacial score (nSPS) is 10.3. The van der Waals surface area contributed by atoms with Crippen LogP contribution in [0.15, 0.2) is 64.8 Å². The highest BCUT2D eigenvalue weighted by atomic mass is 35.5. The Morgan fingerprint density at radius 2 is 2.00 bits per heavy atom. The number of aromatic nitrogens is 2. The summed E-state index contributed by atoms with van der Waals surface area (Å²) in [7, 11) is 0. The van der Waals surface area contributed by atoms with E-state index in [1.54, 1.807) is 36.4 Å². The zero-order chi connectivity index (χ0) is 21.7. The number of allylic oxidation sites excluding steroid dienone is 1. The number of hydrogen-bond acceptors (Lipinski definition) is 5. The minimum atomic E-state index is -0.530. The summed E-state index contributed by atoms with van der Waals surface area (Å²) >= 11 is 12.4. The summed E-state index contributed by atoms with van der Waals surface area (Å²) in [5.41, 5.74) is -0.239. The molecule has 0 aliphatic rings. The Hall–Kier alpha value is -3.47. The van der Waals surface area contributed by atoms with Crippen LogP contribution in [0.5, 0.6) is 17.2 Å². The van der Waals surface area contributed by atoms with Crippen molar-refractivity contribution < 1.29 is 9.47 Å². The molecule has 0 saturated carbocycles. The van der Waals surface area contributed by atoms with Crippen molar-refractivity contribution in [1.29, 1.82) is 5.26 Å². The highest BCUT2D eigenvalue weighted by molar-refractivity contribution is 6.32. The van der Waals surface area contributed by atoms with Gasteiger partial charge < -0.3 is 9.47 Å². The van der Waals surface area contributed by atoms with E-state index in [4.69, 9.17) is 37.9 Å². The number of para-hydroxylation sites is 1. The third kappa shape index (κ3) is 5.11. The Balaban J connectivity index is 1.81. The van der Waals surface area contributed by atoms with Crippen LogP contribution in [-0.4, -0.2) is 16.2 Å². The van der Waals surface area contributed by atoms with Gasteiger partial charge in [-0.25, -0.2) is 4.79 Å². The molecule has 1 N–H and O–H groups in total. The van der Waals surface area contributed by atoms with Gasteiger partial charge in [0.15, 0.2) is 11.5 Å². The third-order valence-electron chi connectivity index (χ3n) is 3.99. The topological polar surface area (TPSA) is 97.1 Å². The Morgan fingerprint density at radius 3 is 2.73 bits per heavy atom. The van der Waals surface area contributed by atoms with Crippen LogP contribution in [-0.2, 0) is 6.54 Å². The highest BCUT2D eigenvalue weighted by Gasteiger charge is 2.13. The summed E-state index contributed by atoms with van der Waals surface area (Å²) in [6.07, 6.45) is 1.38. The standard InChI is InChI=1S/C21H15Cl2N3O4/c1-13(12-24)14-9-15(22)11-16(10-14)30-20-17(23)3-2-4-18(20)29-8-7-26-6-5-19(27)25-21(26)28/h2-6,9-11H,1,7-8H2,(H,25,27,28). The van der Waals surface area contributed by atoms with Gasteiger partial charge in [0.1, 0.15) is 12.4 Å². The fourth-order valence-electron chi connectivity index (χ4n) is 2.55. The zero-order valence-corrected chi connectivity index (χ0v) is 17.0. The maximum atomic E-state index is 11.8. The first-order chi connectivity index (χ1) is 14.4. The Labute approximate surface area is 181 Å². The number of benzene rings is 2. The summed E-state index contributed by atoms with van der Waals surface area (Å²) in [5.74, 6) is 0.952. The highest BCUT2D eigenvalue weighted by Crippen LogP contribution is 2.39. The molecule has 0 radical (unpaired) electrons. The van der Waals surface area contributed by atoms with E-state index in [0.29, 0.717) is 27.1 Å². The minimum Gasteiger partial charge on any atom is -0.488 e. The smallest absolute Gasteiger partial charge is 0.328 e. The molecule has 1 aromatic heterocycles. The van der Waals surface area contributed by atoms with Crippen molar-refractivity contribution in [2.75, 3.05) is 6.61 Å². The molecule has 0 saturated heterocycles. The monoisotopic (exact) mass is 443 g/mol. The van der Waals surface area contributed by atoms with Crippen LogP contribution < -0.4 is 20.7 Å². The molecule has 0 fully saturated rings. The van der Waals surface area contributed by atoms with Gasteiger partial charge in [0.05, 0.1) is 23.2 Å². The van der Waals surface area contributed by atoms with Crippen molar-refractivity contribution in [3.63, 3.8) is 0 Å². The summed E-state index contributed by atoms with van der Waals surface area (Å²) in [4.78, 5) is 25.1. The zero-order valence-electron chi connectivity index (χ0n) is 15.5. The SMILES string of the molecule is C=C(C#N)c1cc(Cl)cc(Oc2c(Cl)cccc2OCCn2ccc(=O)[nH]c2=O)c1. The summed E-state index contributed by atoms with van der Waals surface area (Å²) in [6, 6.07) is 13.0. The van der Waals surface area contributed by atoms with Crippen LogP contribution in [0.25, 0.3) is 5.57 Å². The van der Waals surface area contributed by atoms with E-state index in [1.165, 1.54) is 16.8 Å². The molecule has 0 spiro atoms. The van der Waals surface area contributed by atoms with Gasteiger partial charge in [-0.2, -0.15) is 5.26 Å². The van der Waals surface area contributed by atoms with E-state index >= 15 is 0 Å². The van der Waals surface area contributed by atoms with Gasteiger partial charge in [-0.05, 0) is 35.9 Å². The van der Waals surface area contributed by atoms with E-state index < -0.39 is 11.2 Å². The predicted octanol–water partition coefficient (Wildman–Crippen LogP) is 4.25. The van der Waals surface area contributed by atoms with Gasteiger partial charge in [0, 0.05) is 17.3 Å². The number of nitriles is 1. The van der Waals surface area contributed by atoms with Crippen molar-refractivity contribution in [1.82, 2.24) is 9.55 Å². The van der Waals surface area contributed by atoms with Gasteiger partial charge in [-0.15, -0.1) is 0 Å². The van der Waals surface area contributed by atoms with Crippen LogP contribution in [0.2, 0.25) is 10.0 Å². The molecule has 30 heavy (non-hydrogen) atoms. The fraction of sp³-hybridized carbons (Fsp3) is 0.0952. The van der Waals surface area contributed by atoms with Crippen LogP contribution >= 0.6 is 23.2 Å². The number of halogens is 2. The van der Waals surface area contributed by atoms with Crippen molar-refractivity contribution in [3.8, 4) is 23.3 Å². The van der Waals surface area contributed by atoms with E-state index in [9.17, 15) is 9.59 Å². The maximum Gasteiger partial charge on any atom is 0.328 e. The Kier molecular flexibility index (Phi) is 6.62. The number of aromatic amines is 1. The van der Waals surface area contributed by atoms with Crippen LogP contribution in [0, 0.1) is 11.3 Å². The first-order valence-corrected chi connectivity index (χ1v) is 9.42. The fourth-order valence-corrected chi connectivity index (χ4v) is 2.98. The number of nitrogens with zero attached hydrogens (tertiary/aromatic N) is 2. The summed E-state index contributed by atoms with van der Waals surface area (Å²) < 4.78 is 12.9. The molecule has 7 nitrogen and oxygen atoms in total. The average molecular weight is 444 g/mol. The lowest BCUT2D eigenvalue weighted by Crippen LogP contribution is -2.30. The van der Waals surface area contributed by atoms with Gasteiger partial charge >= 0.3 is 5.69 Å². The molecule has 2 aromatic carbocycles. The predicted molar refractivity (Wildman–Crippen MR) is 114 cm³/mol. The average Bonchev–Trinajstić information content (AvgIpc) is 2.71. The number of H-pyrrole nitrogens is 1. The quantitative estimate of drug-likeness (QED) is 0.550. The molecule has 1 heterocycles. The molecule has 0 unspecified atom stereocenters. The maximum absolute atomic E-state index is 11.8. The molecule has 0 amide bonds. The van der Waals surface area contributed by atoms with E-state index in [1.807, 2.05) is 6.07 Å². The first-order valence-electron chi connectivity index (χ1n) is 8.66. The molecule has 0 aliphatic heterocycles. The minimum absolute atomic E-state index is 0.120. The molecular weight excluding hydrogens is 429 g/mol. The third-order valence-corrected chi connectivity index (χ3v) is 4.51. The molecule has 0 aliphatic carbocycles. The van der Waals surface area contributed by atoms with Crippen molar-refractivity contribution >= 4 is 28.8 Å². The Morgan fingerprint density at radius 1 is 1.20 bits per heavy atom. The van der Waals surface area contributed by atoms with E-state index in [-0.39, 0.29) is 24.5 Å². The molecule has 9 heteroatoms. The van der Waals surface area contributed by atoms with Crippen molar-refractivity contribution in [2.24, 2.45) is 0 Å². The summed E-state index contributed by atoms with van der Waals surface area (Å²) in [5, 5.41) is 9.72. The van der Waals surface area contributed by atoms with Crippen LogP contribution in [0.4, 0.5) is 0 Å². The van der Waals surface area contributed by atoms with Gasteiger partial charge in [0.25, 0.3) is 5.56 Å². The van der Waals surface area contributed by atoms with Gasteiger partial charge in [0.2, 0.25) is 0 Å². The van der Waals surface area contributed by atoms with Gasteiger partial charge in [-0.1, -0.05) is 35.8 Å². The molecule has 3 rings (SSSR count). The Bertz CT molecular complexity index is 1260. The number of ether oxygens (including phenoxy) is 2. The second-order valence-electron chi connectivity index (χ2n) is 6.09. The van der Waals surface area contributed by atoms with Gasteiger partial charge in [-0.3, -0.25) is 14.3 Å². The number of hydrogen-bond donors (Lipinski definition) is 1. The van der Waals surface area contributed by atoms with Crippen molar-refractivity contribution in [3.05, 3.63) is 91.7 Å². The van der Waals surface area contributed by atoms with E-state index in [0.717, 1.165) is 0 Å². The van der Waals surface area contributed by atoms with Crippen LogP contribution in [0.1, 0.15) is 5.56 Å². The molecule has 0 bridgehead atoms. The largest absolute Gasteiger partial charge is 0.488 e. The lowest BCUT2D eigenvalue weighted by molar-refractivity contribution is 0.283. The second-order valence-corrected chi connectivity index (χ2v) is 6.93. The number of rotatable bonds is 7. The van der Waals surface area contributed by atoms with Crippen molar-refractivity contribution in [2.45, 2.75) is 6.54 Å². The lowest BCUT2D eigenvalue weighted by Gasteiger charge is -2.15. The second kappa shape index (κ2) is 9.35. The number of nitrogens with one attached hydrogen (secondary N) is 1. The molecule has 0 atom stereocenters. The van der Waals surface area contributed by atoms with E-state index in [2.05, 4.69) is 11.6 Å². The lowest BCUT2D eigenvalue weighted by atomic mass is 10.1. The molecule has 152 valence electrons. The molecule has 3 aromatic rings. The molecular formula is C21H15Cl2N3O4.